The average molecular weight is 730 g/mol. The minimum Gasteiger partial charge on any atom is -0.445 e. The average Bonchev–Trinajstić information content (AvgIpc) is 3.68. The number of nitrogens with one attached hydrogen (secondary N) is 4. The van der Waals surface area contributed by atoms with E-state index in [1.807, 2.05) is 100 Å². The predicted molar refractivity (Wildman–Crippen MR) is 203 cm³/mol. The van der Waals surface area contributed by atoms with Crippen molar-refractivity contribution in [3.8, 4) is 0 Å². The zero-order valence-corrected chi connectivity index (χ0v) is 31.2. The zero-order chi connectivity index (χ0) is 37.5. The summed E-state index contributed by atoms with van der Waals surface area (Å²) in [5.74, 6) is -1.32. The molecular formula is C40H51N5O6S. The number of benzene rings is 3. The number of rotatable bonds is 19. The van der Waals surface area contributed by atoms with Crippen LogP contribution in [-0.2, 0) is 38.6 Å². The van der Waals surface area contributed by atoms with Crippen LogP contribution in [0.15, 0.2) is 84.4 Å². The summed E-state index contributed by atoms with van der Waals surface area (Å²) in [6, 6.07) is 19.8. The smallest absolute Gasteiger partial charge is 0.408 e. The van der Waals surface area contributed by atoms with Gasteiger partial charge in [-0.3, -0.25) is 14.4 Å². The summed E-state index contributed by atoms with van der Waals surface area (Å²) in [7, 11) is 0. The molecule has 0 aliphatic carbocycles. The maximum atomic E-state index is 14.2. The third-order valence-corrected chi connectivity index (χ3v) is 10.1. The van der Waals surface area contributed by atoms with E-state index in [0.717, 1.165) is 28.3 Å². The van der Waals surface area contributed by atoms with Gasteiger partial charge in [0, 0.05) is 31.0 Å². The molecule has 0 saturated carbocycles. The van der Waals surface area contributed by atoms with Crippen LogP contribution in [0.25, 0.3) is 10.8 Å². The maximum absolute atomic E-state index is 14.2. The molecule has 0 aliphatic heterocycles. The van der Waals surface area contributed by atoms with Crippen LogP contribution < -0.4 is 21.3 Å². The van der Waals surface area contributed by atoms with Crippen LogP contribution in [0.3, 0.4) is 0 Å². The van der Waals surface area contributed by atoms with Gasteiger partial charge in [0.2, 0.25) is 17.7 Å². The van der Waals surface area contributed by atoms with Crippen molar-refractivity contribution in [3.05, 3.63) is 101 Å². The molecular weight excluding hydrogens is 679 g/mol. The number of nitrogens with zero attached hydrogens (tertiary/aromatic N) is 1. The first-order valence-corrected chi connectivity index (χ1v) is 18.8. The SMILES string of the molecule is CCC(C)CNC(=O)CC(O)C(NC(=O)[C@H](Cc1nccs1)NC(=O)[C@H](Cc1cccc2ccccc12)NC(=O)OCc1ccccc1)C(C)CC. The van der Waals surface area contributed by atoms with Gasteiger partial charge >= 0.3 is 6.09 Å². The van der Waals surface area contributed by atoms with Crippen LogP contribution in [-0.4, -0.2) is 64.7 Å². The van der Waals surface area contributed by atoms with Crippen molar-refractivity contribution in [2.45, 2.75) is 90.6 Å². The molecule has 3 aromatic carbocycles. The molecule has 0 spiro atoms. The van der Waals surface area contributed by atoms with E-state index in [2.05, 4.69) is 26.3 Å². The topological polar surface area (TPSA) is 159 Å². The number of aliphatic hydroxyl groups excluding tert-OH is 1. The summed E-state index contributed by atoms with van der Waals surface area (Å²) in [6.07, 6.45) is 1.23. The molecule has 0 bridgehead atoms. The minimum absolute atomic E-state index is 0.0132. The Hall–Kier alpha value is -4.81. The normalized spacial score (nSPS) is 14.6. The van der Waals surface area contributed by atoms with Gasteiger partial charge in [-0.25, -0.2) is 9.78 Å². The predicted octanol–water partition coefficient (Wildman–Crippen LogP) is 5.31. The second kappa shape index (κ2) is 20.3. The summed E-state index contributed by atoms with van der Waals surface area (Å²) in [5, 5.41) is 26.9. The van der Waals surface area contributed by atoms with Gasteiger partial charge in [-0.05, 0) is 33.7 Å². The second-order valence-corrected chi connectivity index (χ2v) is 14.3. The van der Waals surface area contributed by atoms with Crippen molar-refractivity contribution < 1.29 is 29.0 Å². The number of thiazole rings is 1. The van der Waals surface area contributed by atoms with Crippen molar-refractivity contribution >= 4 is 45.9 Å². The first-order chi connectivity index (χ1) is 25.1. The summed E-state index contributed by atoms with van der Waals surface area (Å²) in [6.45, 7) is 8.42. The van der Waals surface area contributed by atoms with Gasteiger partial charge in [0.1, 0.15) is 18.7 Å². The van der Waals surface area contributed by atoms with E-state index in [1.54, 1.807) is 11.6 Å². The van der Waals surface area contributed by atoms with Crippen molar-refractivity contribution in [1.82, 2.24) is 26.3 Å². The van der Waals surface area contributed by atoms with Gasteiger partial charge in [0.25, 0.3) is 0 Å². The maximum Gasteiger partial charge on any atom is 0.408 e. The largest absolute Gasteiger partial charge is 0.445 e. The van der Waals surface area contributed by atoms with Gasteiger partial charge in [-0.15, -0.1) is 11.3 Å². The molecule has 5 N–H and O–H groups in total. The number of aromatic nitrogens is 1. The van der Waals surface area contributed by atoms with Crippen LogP contribution in [0.4, 0.5) is 4.79 Å². The highest BCUT2D eigenvalue weighted by atomic mass is 32.1. The lowest BCUT2D eigenvalue weighted by Crippen LogP contribution is -2.58. The minimum atomic E-state index is -1.16. The third kappa shape index (κ3) is 12.2. The zero-order valence-electron chi connectivity index (χ0n) is 30.3. The molecule has 6 atom stereocenters. The molecule has 4 unspecified atom stereocenters. The van der Waals surface area contributed by atoms with Crippen LogP contribution in [0.2, 0.25) is 0 Å². The molecule has 4 rings (SSSR count). The van der Waals surface area contributed by atoms with Gasteiger partial charge in [-0.1, -0.05) is 113 Å². The number of carbonyl (C=O) groups is 4. The number of aliphatic hydroxyl groups is 1. The van der Waals surface area contributed by atoms with Crippen molar-refractivity contribution in [2.75, 3.05) is 6.54 Å². The molecule has 4 amide bonds. The first-order valence-electron chi connectivity index (χ1n) is 18.0. The monoisotopic (exact) mass is 729 g/mol. The third-order valence-electron chi connectivity index (χ3n) is 9.34. The van der Waals surface area contributed by atoms with Gasteiger partial charge in [0.05, 0.1) is 23.6 Å². The standard InChI is InChI=1S/C40H51N5O6S/c1-5-26(3)24-42-35(47)23-34(46)37(27(4)6-2)45-39(49)33(22-36-41-19-20-52-36)43-38(48)32(44-40(50)51-25-28-13-8-7-9-14-28)21-30-17-12-16-29-15-10-11-18-31(29)30/h7-20,26-27,32-34,37,46H,5-6,21-25H2,1-4H3,(H,42,47)(H,43,48)(H,44,50)(H,45,49)/t26?,27?,32-,33-,34?,37?/m0/s1. The summed E-state index contributed by atoms with van der Waals surface area (Å²) in [5.41, 5.74) is 1.62. The Labute approximate surface area is 310 Å². The number of amides is 4. The highest BCUT2D eigenvalue weighted by molar-refractivity contribution is 7.09. The fourth-order valence-electron chi connectivity index (χ4n) is 5.77. The van der Waals surface area contributed by atoms with Crippen LogP contribution in [0.1, 0.15) is 63.1 Å². The highest BCUT2D eigenvalue weighted by Crippen LogP contribution is 2.21. The molecule has 0 saturated heterocycles. The lowest BCUT2D eigenvalue weighted by Gasteiger charge is -2.31. The molecule has 1 aromatic heterocycles. The quantitative estimate of drug-likeness (QED) is 0.0876. The van der Waals surface area contributed by atoms with Crippen molar-refractivity contribution in [3.63, 3.8) is 0 Å². The van der Waals surface area contributed by atoms with E-state index in [9.17, 15) is 24.3 Å². The molecule has 12 heteroatoms. The Morgan fingerprint density at radius 3 is 2.23 bits per heavy atom. The van der Waals surface area contributed by atoms with Crippen molar-refractivity contribution in [1.29, 1.82) is 0 Å². The molecule has 1 heterocycles. The lowest BCUT2D eigenvalue weighted by molar-refractivity contribution is -0.131. The molecule has 0 fully saturated rings. The summed E-state index contributed by atoms with van der Waals surface area (Å²) >= 11 is 1.34. The fourth-order valence-corrected chi connectivity index (χ4v) is 6.44. The number of hydrogen-bond donors (Lipinski definition) is 5. The van der Waals surface area contributed by atoms with Gasteiger partial charge < -0.3 is 31.1 Å². The van der Waals surface area contributed by atoms with Crippen LogP contribution in [0.5, 0.6) is 0 Å². The highest BCUT2D eigenvalue weighted by Gasteiger charge is 2.33. The Balaban J connectivity index is 1.55. The second-order valence-electron chi connectivity index (χ2n) is 13.3. The van der Waals surface area contributed by atoms with Crippen LogP contribution in [0, 0.1) is 11.8 Å². The molecule has 4 aromatic rings. The fraction of sp³-hybridized carbons (Fsp3) is 0.425. The van der Waals surface area contributed by atoms with E-state index in [0.29, 0.717) is 23.9 Å². The number of hydrogen-bond acceptors (Lipinski definition) is 8. The van der Waals surface area contributed by atoms with E-state index < -0.39 is 42.1 Å². The number of ether oxygens (including phenoxy) is 1. The van der Waals surface area contributed by atoms with E-state index >= 15 is 0 Å². The lowest BCUT2D eigenvalue weighted by atomic mass is 9.92. The Kier molecular flexibility index (Phi) is 15.6. The number of fused-ring (bicyclic) bond motifs is 1. The van der Waals surface area contributed by atoms with E-state index in [-0.39, 0.29) is 37.7 Å². The van der Waals surface area contributed by atoms with E-state index in [4.69, 9.17) is 4.74 Å². The first kappa shape index (κ1) is 40.0. The summed E-state index contributed by atoms with van der Waals surface area (Å²) < 4.78 is 5.48. The summed E-state index contributed by atoms with van der Waals surface area (Å²) in [4.78, 5) is 58.4. The van der Waals surface area contributed by atoms with E-state index in [1.165, 1.54) is 11.3 Å². The molecule has 0 radical (unpaired) electrons. The van der Waals surface area contributed by atoms with Gasteiger partial charge in [0.15, 0.2) is 0 Å². The Morgan fingerprint density at radius 2 is 1.52 bits per heavy atom. The molecule has 52 heavy (non-hydrogen) atoms. The Morgan fingerprint density at radius 1 is 0.827 bits per heavy atom. The number of alkyl carbamates (subject to hydrolysis) is 1. The molecule has 0 aliphatic rings. The van der Waals surface area contributed by atoms with Gasteiger partial charge in [-0.2, -0.15) is 0 Å². The van der Waals surface area contributed by atoms with Crippen molar-refractivity contribution in [2.24, 2.45) is 11.8 Å². The molecule has 278 valence electrons. The molecule has 11 nitrogen and oxygen atoms in total. The van der Waals surface area contributed by atoms with Crippen LogP contribution >= 0.6 is 11.3 Å². The number of carbonyl (C=O) groups excluding carboxylic acids is 4. The Bertz CT molecular complexity index is 1730.